The molecule has 0 aliphatic carbocycles. The number of hydrogen-bond acceptors (Lipinski definition) is 3. The monoisotopic (exact) mass is 246 g/mol. The number of nitrogens with zero attached hydrogens (tertiary/aromatic N) is 1. The molecule has 0 spiro atoms. The standard InChI is InChI=1S/C13H11FN2O2/c14-11-3-1-10(2-4-11)13(18)16-12-7-9(8-17)5-6-15-12/h1-7,17H,8H2,(H,15,16,18). The van der Waals surface area contributed by atoms with Gasteiger partial charge in [-0.25, -0.2) is 9.37 Å². The third-order valence-corrected chi connectivity index (χ3v) is 2.35. The highest BCUT2D eigenvalue weighted by molar-refractivity contribution is 6.03. The molecular weight excluding hydrogens is 235 g/mol. The molecule has 0 radical (unpaired) electrons. The van der Waals surface area contributed by atoms with Crippen LogP contribution < -0.4 is 5.32 Å². The fourth-order valence-corrected chi connectivity index (χ4v) is 1.43. The van der Waals surface area contributed by atoms with E-state index in [9.17, 15) is 9.18 Å². The van der Waals surface area contributed by atoms with E-state index in [4.69, 9.17) is 5.11 Å². The molecule has 0 saturated heterocycles. The Balaban J connectivity index is 2.13. The minimum atomic E-state index is -0.396. The number of carbonyl (C=O) groups excluding carboxylic acids is 1. The number of carbonyl (C=O) groups is 1. The number of anilines is 1. The van der Waals surface area contributed by atoms with E-state index >= 15 is 0 Å². The molecule has 1 aromatic carbocycles. The van der Waals surface area contributed by atoms with Crippen molar-refractivity contribution in [2.45, 2.75) is 6.61 Å². The van der Waals surface area contributed by atoms with E-state index in [0.29, 0.717) is 16.9 Å². The van der Waals surface area contributed by atoms with Crippen molar-refractivity contribution in [1.82, 2.24) is 4.98 Å². The predicted octanol–water partition coefficient (Wildman–Crippen LogP) is 1.97. The molecule has 0 aliphatic heterocycles. The number of pyridine rings is 1. The Labute approximate surface area is 103 Å². The van der Waals surface area contributed by atoms with E-state index in [0.717, 1.165) is 0 Å². The largest absolute Gasteiger partial charge is 0.392 e. The van der Waals surface area contributed by atoms with Gasteiger partial charge in [-0.05, 0) is 42.0 Å². The van der Waals surface area contributed by atoms with Crippen molar-refractivity contribution in [3.05, 3.63) is 59.5 Å². The number of benzene rings is 1. The zero-order valence-corrected chi connectivity index (χ0v) is 9.43. The molecule has 0 saturated carbocycles. The third kappa shape index (κ3) is 2.89. The Hall–Kier alpha value is -2.27. The number of aliphatic hydroxyl groups excluding tert-OH is 1. The third-order valence-electron chi connectivity index (χ3n) is 2.35. The van der Waals surface area contributed by atoms with E-state index in [2.05, 4.69) is 10.3 Å². The number of hydrogen-bond donors (Lipinski definition) is 2. The Morgan fingerprint density at radius 1 is 1.28 bits per heavy atom. The van der Waals surface area contributed by atoms with Gasteiger partial charge in [0.2, 0.25) is 0 Å². The van der Waals surface area contributed by atoms with Crippen molar-refractivity contribution in [2.75, 3.05) is 5.32 Å². The Morgan fingerprint density at radius 2 is 2.00 bits per heavy atom. The van der Waals surface area contributed by atoms with Gasteiger partial charge in [0.15, 0.2) is 0 Å². The van der Waals surface area contributed by atoms with Crippen LogP contribution in [0.3, 0.4) is 0 Å². The highest BCUT2D eigenvalue weighted by atomic mass is 19.1. The van der Waals surface area contributed by atoms with Gasteiger partial charge in [0.25, 0.3) is 5.91 Å². The topological polar surface area (TPSA) is 62.2 Å². The predicted molar refractivity (Wildman–Crippen MR) is 64.5 cm³/mol. The van der Waals surface area contributed by atoms with Crippen molar-refractivity contribution in [3.8, 4) is 0 Å². The lowest BCUT2D eigenvalue weighted by molar-refractivity contribution is 0.102. The molecule has 0 atom stereocenters. The van der Waals surface area contributed by atoms with Crippen LogP contribution >= 0.6 is 0 Å². The summed E-state index contributed by atoms with van der Waals surface area (Å²) in [6.45, 7) is -0.123. The molecule has 92 valence electrons. The fraction of sp³-hybridized carbons (Fsp3) is 0.0769. The molecule has 1 aromatic heterocycles. The maximum Gasteiger partial charge on any atom is 0.256 e. The first-order valence-corrected chi connectivity index (χ1v) is 5.32. The summed E-state index contributed by atoms with van der Waals surface area (Å²) in [4.78, 5) is 15.7. The summed E-state index contributed by atoms with van der Waals surface area (Å²) in [6, 6.07) is 8.43. The normalized spacial score (nSPS) is 10.1. The molecule has 4 nitrogen and oxygen atoms in total. The van der Waals surface area contributed by atoms with Crippen LogP contribution in [-0.2, 0) is 6.61 Å². The van der Waals surface area contributed by atoms with Gasteiger partial charge in [-0.15, -0.1) is 0 Å². The molecular formula is C13H11FN2O2. The number of amides is 1. The molecule has 0 fully saturated rings. The smallest absolute Gasteiger partial charge is 0.256 e. The average molecular weight is 246 g/mol. The fourth-order valence-electron chi connectivity index (χ4n) is 1.43. The summed E-state index contributed by atoms with van der Waals surface area (Å²) in [5.74, 6) is -0.430. The van der Waals surface area contributed by atoms with Gasteiger partial charge in [0, 0.05) is 11.8 Å². The van der Waals surface area contributed by atoms with Crippen molar-refractivity contribution in [2.24, 2.45) is 0 Å². The molecule has 2 N–H and O–H groups in total. The van der Waals surface area contributed by atoms with Gasteiger partial charge in [-0.1, -0.05) is 0 Å². The number of aliphatic hydroxyl groups is 1. The highest BCUT2D eigenvalue weighted by Crippen LogP contribution is 2.09. The number of rotatable bonds is 3. The van der Waals surface area contributed by atoms with E-state index in [1.807, 2.05) is 0 Å². The average Bonchev–Trinajstić information content (AvgIpc) is 2.39. The Kier molecular flexibility index (Phi) is 3.64. The molecule has 2 rings (SSSR count). The lowest BCUT2D eigenvalue weighted by Gasteiger charge is -2.05. The van der Waals surface area contributed by atoms with Gasteiger partial charge in [-0.2, -0.15) is 0 Å². The van der Waals surface area contributed by atoms with E-state index in [1.165, 1.54) is 30.5 Å². The van der Waals surface area contributed by atoms with Crippen LogP contribution in [-0.4, -0.2) is 16.0 Å². The first-order valence-electron chi connectivity index (χ1n) is 5.32. The van der Waals surface area contributed by atoms with Crippen molar-refractivity contribution in [1.29, 1.82) is 0 Å². The van der Waals surface area contributed by atoms with Crippen LogP contribution in [0, 0.1) is 5.82 Å². The van der Waals surface area contributed by atoms with Crippen LogP contribution in [0.25, 0.3) is 0 Å². The SMILES string of the molecule is O=C(Nc1cc(CO)ccn1)c1ccc(F)cc1. The number of aromatic nitrogens is 1. The van der Waals surface area contributed by atoms with Gasteiger partial charge >= 0.3 is 0 Å². The van der Waals surface area contributed by atoms with E-state index < -0.39 is 5.82 Å². The van der Waals surface area contributed by atoms with Gasteiger partial charge < -0.3 is 10.4 Å². The second-order valence-electron chi connectivity index (χ2n) is 3.67. The molecule has 2 aromatic rings. The van der Waals surface area contributed by atoms with Gasteiger partial charge in [0.1, 0.15) is 11.6 Å². The second kappa shape index (κ2) is 5.37. The van der Waals surface area contributed by atoms with Crippen LogP contribution in [0.5, 0.6) is 0 Å². The lowest BCUT2D eigenvalue weighted by Crippen LogP contribution is -2.13. The summed E-state index contributed by atoms with van der Waals surface area (Å²) in [5.41, 5.74) is 0.993. The first kappa shape index (κ1) is 12.2. The zero-order chi connectivity index (χ0) is 13.0. The molecule has 0 bridgehead atoms. The van der Waals surface area contributed by atoms with Crippen molar-refractivity contribution in [3.63, 3.8) is 0 Å². The Morgan fingerprint density at radius 3 is 2.67 bits per heavy atom. The molecule has 0 unspecified atom stereocenters. The molecule has 1 amide bonds. The first-order chi connectivity index (χ1) is 8.69. The minimum absolute atomic E-state index is 0.123. The maximum absolute atomic E-state index is 12.7. The molecule has 5 heteroatoms. The second-order valence-corrected chi connectivity index (χ2v) is 3.67. The number of halogens is 1. The van der Waals surface area contributed by atoms with Crippen molar-refractivity contribution >= 4 is 11.7 Å². The Bertz CT molecular complexity index is 555. The summed E-state index contributed by atoms with van der Waals surface area (Å²) < 4.78 is 12.7. The van der Waals surface area contributed by atoms with Crippen molar-refractivity contribution < 1.29 is 14.3 Å². The van der Waals surface area contributed by atoms with Crippen LogP contribution in [0.2, 0.25) is 0 Å². The van der Waals surface area contributed by atoms with Crippen LogP contribution in [0.15, 0.2) is 42.6 Å². The van der Waals surface area contributed by atoms with E-state index in [-0.39, 0.29) is 12.5 Å². The molecule has 0 aliphatic rings. The summed E-state index contributed by atoms with van der Waals surface area (Å²) >= 11 is 0. The van der Waals surface area contributed by atoms with Crippen LogP contribution in [0.1, 0.15) is 15.9 Å². The van der Waals surface area contributed by atoms with Gasteiger partial charge in [-0.3, -0.25) is 4.79 Å². The zero-order valence-electron chi connectivity index (χ0n) is 9.43. The minimum Gasteiger partial charge on any atom is -0.392 e. The summed E-state index contributed by atoms with van der Waals surface area (Å²) in [5, 5.41) is 11.5. The molecule has 18 heavy (non-hydrogen) atoms. The van der Waals surface area contributed by atoms with Gasteiger partial charge in [0.05, 0.1) is 6.61 Å². The quantitative estimate of drug-likeness (QED) is 0.870. The highest BCUT2D eigenvalue weighted by Gasteiger charge is 2.07. The van der Waals surface area contributed by atoms with E-state index in [1.54, 1.807) is 12.1 Å². The maximum atomic E-state index is 12.7. The summed E-state index contributed by atoms with van der Waals surface area (Å²) in [7, 11) is 0. The summed E-state index contributed by atoms with van der Waals surface area (Å²) in [6.07, 6.45) is 1.49. The lowest BCUT2D eigenvalue weighted by atomic mass is 10.2. The number of nitrogens with one attached hydrogen (secondary N) is 1. The molecule has 1 heterocycles. The van der Waals surface area contributed by atoms with Crippen LogP contribution in [0.4, 0.5) is 10.2 Å².